The number of hydrogen-bond acceptors (Lipinski definition) is 7. The molecule has 0 aromatic rings. The zero-order chi connectivity index (χ0) is 16.8. The Morgan fingerprint density at radius 2 is 1.68 bits per heavy atom. The van der Waals surface area contributed by atoms with Crippen LogP contribution in [0.25, 0.3) is 0 Å². The van der Waals surface area contributed by atoms with Crippen molar-refractivity contribution in [2.24, 2.45) is 0 Å². The standard InChI is InChI=1S/C13H24O7S2/c1-3-9-20-22(17)11-19-13(15)8-6-4-5-7-12(14)18-10-21(2)16/h3-11H2,1-2H3. The van der Waals surface area contributed by atoms with E-state index in [0.29, 0.717) is 25.9 Å². The molecule has 0 radical (unpaired) electrons. The number of carbonyl (C=O) groups is 2. The third kappa shape index (κ3) is 14.3. The second kappa shape index (κ2) is 14.0. The van der Waals surface area contributed by atoms with Gasteiger partial charge in [0, 0.05) is 12.8 Å². The summed E-state index contributed by atoms with van der Waals surface area (Å²) in [6.45, 7) is 2.26. The van der Waals surface area contributed by atoms with Gasteiger partial charge in [-0.15, -0.1) is 0 Å². The van der Waals surface area contributed by atoms with Crippen LogP contribution < -0.4 is 0 Å². The number of ether oxygens (including phenoxy) is 2. The highest BCUT2D eigenvalue weighted by Crippen LogP contribution is 2.06. The summed E-state index contributed by atoms with van der Waals surface area (Å²) < 4.78 is 36.4. The minimum Gasteiger partial charge on any atom is -0.614 e. The highest BCUT2D eigenvalue weighted by molar-refractivity contribution is 7.90. The summed E-state index contributed by atoms with van der Waals surface area (Å²) >= 11 is -2.74. The van der Waals surface area contributed by atoms with Crippen LogP contribution in [-0.4, -0.2) is 45.4 Å². The molecule has 130 valence electrons. The average Bonchev–Trinajstić information content (AvgIpc) is 2.48. The van der Waals surface area contributed by atoms with Crippen LogP contribution >= 0.6 is 0 Å². The van der Waals surface area contributed by atoms with Gasteiger partial charge in [0.05, 0.1) is 12.9 Å². The molecule has 9 heteroatoms. The highest BCUT2D eigenvalue weighted by atomic mass is 32.2. The van der Waals surface area contributed by atoms with Gasteiger partial charge in [-0.25, -0.2) is 4.21 Å². The van der Waals surface area contributed by atoms with E-state index in [1.54, 1.807) is 0 Å². The Labute approximate surface area is 136 Å². The molecule has 0 amide bonds. The largest absolute Gasteiger partial charge is 0.614 e. The molecule has 0 aromatic carbocycles. The first-order chi connectivity index (χ1) is 10.5. The molecule has 0 N–H and O–H groups in total. The molecule has 0 spiro atoms. The fourth-order valence-electron chi connectivity index (χ4n) is 1.33. The lowest BCUT2D eigenvalue weighted by molar-refractivity contribution is -0.142. The van der Waals surface area contributed by atoms with Crippen LogP contribution in [0.4, 0.5) is 0 Å². The first-order valence-corrected chi connectivity index (χ1v) is 10.1. The molecular weight excluding hydrogens is 332 g/mol. The maximum Gasteiger partial charge on any atom is 0.309 e. The van der Waals surface area contributed by atoms with Gasteiger partial charge in [0.15, 0.2) is 17.0 Å². The lowest BCUT2D eigenvalue weighted by Crippen LogP contribution is -2.13. The van der Waals surface area contributed by atoms with E-state index in [-0.39, 0.29) is 30.7 Å². The van der Waals surface area contributed by atoms with E-state index >= 15 is 0 Å². The number of unbranched alkanes of at least 4 members (excludes halogenated alkanes) is 2. The number of carbonyl (C=O) groups excluding carboxylic acids is 2. The molecular formula is C13H24O7S2. The summed E-state index contributed by atoms with van der Waals surface area (Å²) in [6.07, 6.45) is 4.49. The molecule has 0 aliphatic heterocycles. The highest BCUT2D eigenvalue weighted by Gasteiger charge is 2.08. The van der Waals surface area contributed by atoms with E-state index in [0.717, 1.165) is 6.42 Å². The minimum absolute atomic E-state index is 0.0810. The minimum atomic E-state index is -1.59. The van der Waals surface area contributed by atoms with Gasteiger partial charge in [0.25, 0.3) is 0 Å². The predicted octanol–water partition coefficient (Wildman–Crippen LogP) is 1.41. The molecule has 7 nitrogen and oxygen atoms in total. The van der Waals surface area contributed by atoms with E-state index in [1.165, 1.54) is 6.26 Å². The van der Waals surface area contributed by atoms with Crippen molar-refractivity contribution in [1.82, 2.24) is 0 Å². The van der Waals surface area contributed by atoms with Crippen molar-refractivity contribution in [2.75, 3.05) is 24.7 Å². The van der Waals surface area contributed by atoms with Crippen molar-refractivity contribution in [3.05, 3.63) is 0 Å². The van der Waals surface area contributed by atoms with Crippen LogP contribution in [0.5, 0.6) is 0 Å². The first-order valence-electron chi connectivity index (χ1n) is 7.08. The molecule has 0 bridgehead atoms. The number of esters is 2. The van der Waals surface area contributed by atoms with Gasteiger partial charge in [-0.05, 0) is 30.4 Å². The molecule has 0 heterocycles. The van der Waals surface area contributed by atoms with Crippen molar-refractivity contribution in [3.63, 3.8) is 0 Å². The van der Waals surface area contributed by atoms with Crippen LogP contribution in [-0.2, 0) is 45.5 Å². The Balaban J connectivity index is 3.49. The molecule has 0 rings (SSSR count). The van der Waals surface area contributed by atoms with Gasteiger partial charge < -0.3 is 14.0 Å². The van der Waals surface area contributed by atoms with Crippen LogP contribution in [0.1, 0.15) is 45.4 Å². The molecule has 0 aliphatic rings. The topological polar surface area (TPSA) is 102 Å². The molecule has 2 atom stereocenters. The Kier molecular flexibility index (Phi) is 13.6. The molecule has 0 aliphatic carbocycles. The second-order valence-corrected chi connectivity index (χ2v) is 6.99. The summed E-state index contributed by atoms with van der Waals surface area (Å²) in [4.78, 5) is 22.6. The van der Waals surface area contributed by atoms with Crippen molar-refractivity contribution in [3.8, 4) is 0 Å². The van der Waals surface area contributed by atoms with E-state index in [1.807, 2.05) is 6.92 Å². The second-order valence-electron chi connectivity index (χ2n) is 4.53. The van der Waals surface area contributed by atoms with Crippen LogP contribution in [0.3, 0.4) is 0 Å². The lowest BCUT2D eigenvalue weighted by Gasteiger charge is -2.06. The van der Waals surface area contributed by atoms with Gasteiger partial charge in [0.1, 0.15) is 0 Å². The van der Waals surface area contributed by atoms with Crippen molar-refractivity contribution < 1.29 is 32.0 Å². The third-order valence-corrected chi connectivity index (χ3v) is 3.57. The maximum absolute atomic E-state index is 11.4. The smallest absolute Gasteiger partial charge is 0.309 e. The summed E-state index contributed by atoms with van der Waals surface area (Å²) in [5.41, 5.74) is 0. The van der Waals surface area contributed by atoms with Crippen LogP contribution in [0.15, 0.2) is 0 Å². The Morgan fingerprint density at radius 3 is 2.23 bits per heavy atom. The summed E-state index contributed by atoms with van der Waals surface area (Å²) in [7, 11) is 0. The SMILES string of the molecule is CCCOS(=O)COC(=O)CCCCCC(=O)OC[S+](C)[O-]. The molecule has 0 aromatic heterocycles. The fraction of sp³-hybridized carbons (Fsp3) is 0.846. The number of hydrogen-bond donors (Lipinski definition) is 0. The summed E-state index contributed by atoms with van der Waals surface area (Å²) in [5, 5.41) is 0. The molecule has 0 fully saturated rings. The monoisotopic (exact) mass is 356 g/mol. The average molecular weight is 356 g/mol. The fourth-order valence-corrected chi connectivity index (χ4v) is 2.28. The van der Waals surface area contributed by atoms with Gasteiger partial charge in [-0.3, -0.25) is 13.8 Å². The van der Waals surface area contributed by atoms with Crippen molar-refractivity contribution in [2.45, 2.75) is 45.4 Å². The normalized spacial score (nSPS) is 13.4. The predicted molar refractivity (Wildman–Crippen MR) is 83.5 cm³/mol. The van der Waals surface area contributed by atoms with E-state index in [9.17, 15) is 18.4 Å². The number of rotatable bonds is 13. The van der Waals surface area contributed by atoms with Gasteiger partial charge in [0.2, 0.25) is 5.94 Å². The summed E-state index contributed by atoms with van der Waals surface area (Å²) in [5.74, 6) is -1.15. The van der Waals surface area contributed by atoms with E-state index in [2.05, 4.69) is 0 Å². The Morgan fingerprint density at radius 1 is 1.09 bits per heavy atom. The van der Waals surface area contributed by atoms with E-state index < -0.39 is 28.2 Å². The first kappa shape index (κ1) is 21.4. The van der Waals surface area contributed by atoms with E-state index in [4.69, 9.17) is 13.7 Å². The van der Waals surface area contributed by atoms with Gasteiger partial charge >= 0.3 is 11.9 Å². The lowest BCUT2D eigenvalue weighted by atomic mass is 10.1. The Hall–Kier alpha value is -0.640. The molecule has 2 unspecified atom stereocenters. The van der Waals surface area contributed by atoms with Crippen LogP contribution in [0, 0.1) is 0 Å². The van der Waals surface area contributed by atoms with Crippen molar-refractivity contribution in [1.29, 1.82) is 0 Å². The summed E-state index contributed by atoms with van der Waals surface area (Å²) in [6, 6.07) is 0. The quantitative estimate of drug-likeness (QED) is 0.279. The third-order valence-electron chi connectivity index (χ3n) is 2.38. The Bertz CT molecular complexity index is 347. The molecule has 0 saturated carbocycles. The maximum atomic E-state index is 11.4. The van der Waals surface area contributed by atoms with Crippen molar-refractivity contribution >= 4 is 34.2 Å². The van der Waals surface area contributed by atoms with Gasteiger partial charge in [-0.2, -0.15) is 0 Å². The molecule has 22 heavy (non-hydrogen) atoms. The zero-order valence-corrected chi connectivity index (χ0v) is 14.7. The zero-order valence-electron chi connectivity index (χ0n) is 13.0. The molecule has 0 saturated heterocycles. The van der Waals surface area contributed by atoms with Crippen LogP contribution in [0.2, 0.25) is 0 Å². The van der Waals surface area contributed by atoms with Gasteiger partial charge in [-0.1, -0.05) is 13.3 Å².